The molecule has 3 rings (SSSR count). The van der Waals surface area contributed by atoms with Crippen molar-refractivity contribution in [1.29, 1.82) is 0 Å². The third kappa shape index (κ3) is 3.54. The normalized spacial score (nSPS) is 13.6. The van der Waals surface area contributed by atoms with Crippen molar-refractivity contribution in [3.8, 4) is 0 Å². The second-order valence-corrected chi connectivity index (χ2v) is 6.37. The summed E-state index contributed by atoms with van der Waals surface area (Å²) in [6, 6.07) is 15.5. The van der Waals surface area contributed by atoms with Crippen LogP contribution in [0.15, 0.2) is 54.6 Å². The minimum Gasteiger partial charge on any atom is -0.376 e. The van der Waals surface area contributed by atoms with Crippen LogP contribution in [0.1, 0.15) is 5.56 Å². The second-order valence-electron chi connectivity index (χ2n) is 5.97. The summed E-state index contributed by atoms with van der Waals surface area (Å²) >= 11 is 6.25. The van der Waals surface area contributed by atoms with Crippen LogP contribution < -0.4 is 10.2 Å². The van der Waals surface area contributed by atoms with E-state index < -0.39 is 0 Å². The lowest BCUT2D eigenvalue weighted by atomic mass is 10.1. The Morgan fingerprint density at radius 3 is 2.58 bits per heavy atom. The third-order valence-corrected chi connectivity index (χ3v) is 4.33. The van der Waals surface area contributed by atoms with Gasteiger partial charge in [-0.3, -0.25) is 0 Å². The molecule has 1 aliphatic rings. The highest BCUT2D eigenvalue weighted by atomic mass is 35.5. The zero-order valence-electron chi connectivity index (χ0n) is 13.8. The van der Waals surface area contributed by atoms with E-state index >= 15 is 0 Å². The van der Waals surface area contributed by atoms with Gasteiger partial charge in [0.15, 0.2) is 0 Å². The first-order chi connectivity index (χ1) is 11.5. The summed E-state index contributed by atoms with van der Waals surface area (Å²) in [6.45, 7) is 1.22. The van der Waals surface area contributed by atoms with Crippen molar-refractivity contribution in [2.75, 3.05) is 37.4 Å². The molecule has 0 spiro atoms. The van der Waals surface area contributed by atoms with Crippen molar-refractivity contribution in [2.45, 2.75) is 0 Å². The Bertz CT molecular complexity index is 771. The van der Waals surface area contributed by atoms with Crippen LogP contribution >= 0.6 is 11.6 Å². The predicted octanol–water partition coefficient (Wildman–Crippen LogP) is 4.34. The molecule has 0 unspecified atom stereocenters. The van der Waals surface area contributed by atoms with Crippen LogP contribution in [0, 0.1) is 0 Å². The van der Waals surface area contributed by atoms with Gasteiger partial charge in [0.25, 0.3) is 0 Å². The van der Waals surface area contributed by atoms with Crippen LogP contribution in [-0.2, 0) is 0 Å². The van der Waals surface area contributed by atoms with Crippen LogP contribution in [0.5, 0.6) is 0 Å². The Morgan fingerprint density at radius 1 is 1.17 bits per heavy atom. The molecule has 124 valence electrons. The van der Waals surface area contributed by atoms with Gasteiger partial charge in [-0.1, -0.05) is 48.0 Å². The van der Waals surface area contributed by atoms with E-state index in [0.717, 1.165) is 11.3 Å². The molecule has 2 aromatic rings. The number of benzene rings is 2. The topological polar surface area (TPSA) is 35.6 Å². The molecule has 0 aliphatic carbocycles. The van der Waals surface area contributed by atoms with Gasteiger partial charge in [-0.25, -0.2) is 4.79 Å². The molecule has 0 bridgehead atoms. The molecule has 0 atom stereocenters. The van der Waals surface area contributed by atoms with Gasteiger partial charge < -0.3 is 15.1 Å². The van der Waals surface area contributed by atoms with Gasteiger partial charge in [0.05, 0.1) is 10.7 Å². The number of carbonyl (C=O) groups excluding carboxylic acids is 1. The van der Waals surface area contributed by atoms with E-state index in [4.69, 9.17) is 11.6 Å². The fourth-order valence-corrected chi connectivity index (χ4v) is 3.07. The second kappa shape index (κ2) is 6.97. The number of halogens is 1. The average molecular weight is 342 g/mol. The van der Waals surface area contributed by atoms with Crippen LogP contribution in [0.25, 0.3) is 5.57 Å². The standard InChI is InChI=1S/C19H20ClN3O/c1-22(2)18-9-8-16(12-17(18)20)21-19(24)23-11-10-15(13-23)14-6-4-3-5-7-14/h3-10,12H,11,13H2,1-2H3,(H,21,24). The van der Waals surface area contributed by atoms with Gasteiger partial charge in [0.1, 0.15) is 0 Å². The first kappa shape index (κ1) is 16.4. The molecule has 1 aliphatic heterocycles. The van der Waals surface area contributed by atoms with E-state index in [2.05, 4.69) is 23.5 Å². The maximum atomic E-state index is 12.4. The summed E-state index contributed by atoms with van der Waals surface area (Å²) < 4.78 is 0. The maximum absolute atomic E-state index is 12.4. The predicted molar refractivity (Wildman–Crippen MR) is 101 cm³/mol. The number of amides is 2. The van der Waals surface area contributed by atoms with Gasteiger partial charge in [0.2, 0.25) is 0 Å². The lowest BCUT2D eigenvalue weighted by molar-refractivity contribution is 0.225. The molecule has 5 heteroatoms. The van der Waals surface area contributed by atoms with Crippen LogP contribution in [0.4, 0.5) is 16.2 Å². The van der Waals surface area contributed by atoms with Crippen LogP contribution in [-0.4, -0.2) is 38.1 Å². The van der Waals surface area contributed by atoms with Gasteiger partial charge in [0, 0.05) is 32.9 Å². The van der Waals surface area contributed by atoms with Crippen molar-refractivity contribution in [3.05, 3.63) is 65.2 Å². The summed E-state index contributed by atoms with van der Waals surface area (Å²) in [6.07, 6.45) is 2.09. The zero-order chi connectivity index (χ0) is 17.1. The SMILES string of the molecule is CN(C)c1ccc(NC(=O)N2CC=C(c3ccccc3)C2)cc1Cl. The number of urea groups is 1. The number of carbonyl (C=O) groups is 1. The monoisotopic (exact) mass is 341 g/mol. The minimum atomic E-state index is -0.120. The molecular formula is C19H20ClN3O. The van der Waals surface area contributed by atoms with Crippen molar-refractivity contribution in [3.63, 3.8) is 0 Å². The quantitative estimate of drug-likeness (QED) is 0.901. The fourth-order valence-electron chi connectivity index (χ4n) is 2.72. The van der Waals surface area contributed by atoms with E-state index in [1.807, 2.05) is 49.3 Å². The molecule has 2 amide bonds. The molecule has 0 radical (unpaired) electrons. The number of anilines is 2. The molecule has 24 heavy (non-hydrogen) atoms. The molecule has 2 aromatic carbocycles. The molecule has 0 fully saturated rings. The largest absolute Gasteiger partial charge is 0.376 e. The minimum absolute atomic E-state index is 0.120. The lowest BCUT2D eigenvalue weighted by Crippen LogP contribution is -2.33. The molecule has 1 heterocycles. The Morgan fingerprint density at radius 2 is 1.92 bits per heavy atom. The smallest absolute Gasteiger partial charge is 0.322 e. The van der Waals surface area contributed by atoms with Crippen molar-refractivity contribution in [2.24, 2.45) is 0 Å². The number of hydrogen-bond donors (Lipinski definition) is 1. The van der Waals surface area contributed by atoms with E-state index in [1.165, 1.54) is 5.57 Å². The summed E-state index contributed by atoms with van der Waals surface area (Å²) in [5.41, 5.74) is 3.95. The number of nitrogens with one attached hydrogen (secondary N) is 1. The zero-order valence-corrected chi connectivity index (χ0v) is 14.5. The first-order valence-corrected chi connectivity index (χ1v) is 8.19. The molecule has 0 aromatic heterocycles. The van der Waals surface area contributed by atoms with Crippen molar-refractivity contribution in [1.82, 2.24) is 4.90 Å². The van der Waals surface area contributed by atoms with Gasteiger partial charge in [-0.2, -0.15) is 0 Å². The van der Waals surface area contributed by atoms with Gasteiger partial charge in [-0.15, -0.1) is 0 Å². The number of hydrogen-bond acceptors (Lipinski definition) is 2. The summed E-state index contributed by atoms with van der Waals surface area (Å²) in [5, 5.41) is 3.53. The van der Waals surface area contributed by atoms with E-state index in [-0.39, 0.29) is 6.03 Å². The van der Waals surface area contributed by atoms with Gasteiger partial charge >= 0.3 is 6.03 Å². The fraction of sp³-hybridized carbons (Fsp3) is 0.211. The van der Waals surface area contributed by atoms with Crippen LogP contribution in [0.2, 0.25) is 5.02 Å². The van der Waals surface area contributed by atoms with Crippen molar-refractivity contribution < 1.29 is 4.79 Å². The Hall–Kier alpha value is -2.46. The van der Waals surface area contributed by atoms with E-state index in [0.29, 0.717) is 23.8 Å². The molecular weight excluding hydrogens is 322 g/mol. The number of rotatable bonds is 3. The molecule has 4 nitrogen and oxygen atoms in total. The average Bonchev–Trinajstić information content (AvgIpc) is 3.05. The Balaban J connectivity index is 1.64. The lowest BCUT2D eigenvalue weighted by Gasteiger charge is -2.19. The summed E-state index contributed by atoms with van der Waals surface area (Å²) in [4.78, 5) is 16.2. The van der Waals surface area contributed by atoms with E-state index in [1.54, 1.807) is 11.0 Å². The van der Waals surface area contributed by atoms with Crippen LogP contribution in [0.3, 0.4) is 0 Å². The maximum Gasteiger partial charge on any atom is 0.322 e. The first-order valence-electron chi connectivity index (χ1n) is 7.82. The summed E-state index contributed by atoms with van der Waals surface area (Å²) in [7, 11) is 3.86. The molecule has 0 saturated heterocycles. The summed E-state index contributed by atoms with van der Waals surface area (Å²) in [5.74, 6) is 0. The highest BCUT2D eigenvalue weighted by molar-refractivity contribution is 6.33. The highest BCUT2D eigenvalue weighted by Crippen LogP contribution is 2.28. The Kier molecular flexibility index (Phi) is 4.76. The van der Waals surface area contributed by atoms with E-state index in [9.17, 15) is 4.79 Å². The Labute approximate surface area is 147 Å². The molecule has 1 N–H and O–H groups in total. The molecule has 0 saturated carbocycles. The number of nitrogens with zero attached hydrogens (tertiary/aromatic N) is 2. The van der Waals surface area contributed by atoms with Gasteiger partial charge in [-0.05, 0) is 29.3 Å². The third-order valence-electron chi connectivity index (χ3n) is 4.03. The highest BCUT2D eigenvalue weighted by Gasteiger charge is 2.20. The van der Waals surface area contributed by atoms with Crippen molar-refractivity contribution >= 4 is 34.6 Å².